The van der Waals surface area contributed by atoms with Gasteiger partial charge in [0.25, 0.3) is 0 Å². The Hall–Kier alpha value is -1.60. The first-order chi connectivity index (χ1) is 11.2. The van der Waals surface area contributed by atoms with Crippen molar-refractivity contribution in [2.45, 2.75) is 45.0 Å². The van der Waals surface area contributed by atoms with E-state index in [2.05, 4.69) is 5.32 Å². The minimum Gasteiger partial charge on any atom is -0.375 e. The van der Waals surface area contributed by atoms with E-state index in [1.165, 1.54) is 0 Å². The summed E-state index contributed by atoms with van der Waals surface area (Å²) in [5, 5.41) is 2.68. The van der Waals surface area contributed by atoms with E-state index in [9.17, 15) is 18.0 Å². The number of carbonyl (C=O) groups is 1. The molecule has 134 valence electrons. The van der Waals surface area contributed by atoms with E-state index in [1.807, 2.05) is 32.0 Å². The van der Waals surface area contributed by atoms with Gasteiger partial charge in [0.1, 0.15) is 6.04 Å². The lowest BCUT2D eigenvalue weighted by Gasteiger charge is -2.38. The number of benzene rings is 1. The van der Waals surface area contributed by atoms with Gasteiger partial charge in [0, 0.05) is 12.2 Å². The normalized spacial score (nSPS) is 22.6. The van der Waals surface area contributed by atoms with Crippen molar-refractivity contribution in [2.75, 3.05) is 25.0 Å². The van der Waals surface area contributed by atoms with Crippen LogP contribution in [0.5, 0.6) is 0 Å². The highest BCUT2D eigenvalue weighted by Crippen LogP contribution is 2.28. The van der Waals surface area contributed by atoms with Crippen LogP contribution in [0.4, 0.5) is 18.9 Å². The molecule has 1 heterocycles. The topological polar surface area (TPSA) is 41.6 Å². The van der Waals surface area contributed by atoms with Crippen molar-refractivity contribution in [3.8, 4) is 0 Å². The maximum Gasteiger partial charge on any atom is 0.406 e. The van der Waals surface area contributed by atoms with E-state index in [4.69, 9.17) is 4.74 Å². The molecule has 0 saturated carbocycles. The van der Waals surface area contributed by atoms with Crippen LogP contribution >= 0.6 is 0 Å². The lowest BCUT2D eigenvalue weighted by Crippen LogP contribution is -2.57. The first-order valence-corrected chi connectivity index (χ1v) is 7.99. The Bertz CT molecular complexity index is 575. The average molecular weight is 344 g/mol. The van der Waals surface area contributed by atoms with Gasteiger partial charge >= 0.3 is 6.18 Å². The van der Waals surface area contributed by atoms with Crippen LogP contribution in [-0.4, -0.2) is 48.8 Å². The number of nitrogens with zero attached hydrogens (tertiary/aromatic N) is 1. The lowest BCUT2D eigenvalue weighted by molar-refractivity contribution is -0.219. The highest BCUT2D eigenvalue weighted by Gasteiger charge is 2.46. The van der Waals surface area contributed by atoms with Crippen molar-refractivity contribution in [1.29, 1.82) is 0 Å². The van der Waals surface area contributed by atoms with Crippen LogP contribution < -0.4 is 5.32 Å². The fourth-order valence-electron chi connectivity index (χ4n) is 2.71. The zero-order valence-corrected chi connectivity index (χ0v) is 14.1. The number of amides is 1. The van der Waals surface area contributed by atoms with E-state index in [1.54, 1.807) is 13.0 Å². The van der Waals surface area contributed by atoms with Gasteiger partial charge in [-0.15, -0.1) is 0 Å². The van der Waals surface area contributed by atoms with Gasteiger partial charge in [-0.1, -0.05) is 26.0 Å². The molecule has 0 spiro atoms. The number of halogens is 3. The van der Waals surface area contributed by atoms with Crippen LogP contribution in [0, 0.1) is 0 Å². The fourth-order valence-corrected chi connectivity index (χ4v) is 2.71. The van der Waals surface area contributed by atoms with E-state index in [0.717, 1.165) is 10.5 Å². The molecule has 1 aliphatic rings. The molecule has 0 aliphatic carbocycles. The van der Waals surface area contributed by atoms with Crippen LogP contribution in [0.2, 0.25) is 0 Å². The summed E-state index contributed by atoms with van der Waals surface area (Å²) in [6, 6.07) is 5.59. The summed E-state index contributed by atoms with van der Waals surface area (Å²) >= 11 is 0. The number of rotatable bonds is 4. The summed E-state index contributed by atoms with van der Waals surface area (Å²) in [4.78, 5) is 13.3. The molecular weight excluding hydrogens is 321 g/mol. The largest absolute Gasteiger partial charge is 0.406 e. The van der Waals surface area contributed by atoms with E-state index in [0.29, 0.717) is 11.6 Å². The molecule has 1 aliphatic heterocycles. The predicted molar refractivity (Wildman–Crippen MR) is 86.0 cm³/mol. The van der Waals surface area contributed by atoms with E-state index < -0.39 is 24.7 Å². The molecule has 1 fully saturated rings. The first kappa shape index (κ1) is 18.7. The summed E-state index contributed by atoms with van der Waals surface area (Å²) in [5.41, 5.74) is 1.65. The molecule has 4 nitrogen and oxygen atoms in total. The average Bonchev–Trinajstić information content (AvgIpc) is 2.46. The Kier molecular flexibility index (Phi) is 5.87. The van der Waals surface area contributed by atoms with Gasteiger partial charge in [0.2, 0.25) is 5.91 Å². The second-order valence-electron chi connectivity index (χ2n) is 6.46. The van der Waals surface area contributed by atoms with Crippen LogP contribution in [0.3, 0.4) is 0 Å². The number of hydrogen-bond acceptors (Lipinski definition) is 3. The Morgan fingerprint density at radius 1 is 1.42 bits per heavy atom. The van der Waals surface area contributed by atoms with E-state index >= 15 is 0 Å². The van der Waals surface area contributed by atoms with E-state index in [-0.39, 0.29) is 19.2 Å². The Morgan fingerprint density at radius 3 is 2.75 bits per heavy atom. The maximum atomic E-state index is 13.1. The number of hydrogen-bond donors (Lipinski definition) is 1. The highest BCUT2D eigenvalue weighted by molar-refractivity contribution is 5.92. The van der Waals surface area contributed by atoms with Crippen LogP contribution in [0.1, 0.15) is 32.3 Å². The molecule has 2 atom stereocenters. The summed E-state index contributed by atoms with van der Waals surface area (Å²) in [5.74, 6) is -0.157. The third-order valence-corrected chi connectivity index (χ3v) is 4.03. The number of morpholine rings is 1. The number of ether oxygens (including phenoxy) is 1. The second-order valence-corrected chi connectivity index (χ2v) is 6.46. The van der Waals surface area contributed by atoms with Gasteiger partial charge < -0.3 is 10.1 Å². The molecule has 1 amide bonds. The Morgan fingerprint density at radius 2 is 2.12 bits per heavy atom. The van der Waals surface area contributed by atoms with Gasteiger partial charge in [0.05, 0.1) is 19.3 Å². The van der Waals surface area contributed by atoms with Gasteiger partial charge in [-0.3, -0.25) is 9.69 Å². The number of nitrogens with one attached hydrogen (secondary N) is 1. The van der Waals surface area contributed by atoms with Crippen molar-refractivity contribution < 1.29 is 22.7 Å². The molecule has 1 N–H and O–H groups in total. The molecule has 2 unspecified atom stereocenters. The molecule has 0 radical (unpaired) electrons. The minimum atomic E-state index is -4.42. The zero-order chi connectivity index (χ0) is 17.9. The quantitative estimate of drug-likeness (QED) is 0.910. The molecule has 0 bridgehead atoms. The predicted octanol–water partition coefficient (Wildman–Crippen LogP) is 3.40. The zero-order valence-electron chi connectivity index (χ0n) is 14.1. The Balaban J connectivity index is 2.03. The third-order valence-electron chi connectivity index (χ3n) is 4.03. The molecule has 0 aromatic heterocycles. The third kappa shape index (κ3) is 4.95. The first-order valence-electron chi connectivity index (χ1n) is 7.99. The minimum absolute atomic E-state index is 0.0730. The molecule has 7 heteroatoms. The summed E-state index contributed by atoms with van der Waals surface area (Å²) in [6.07, 6.45) is -4.75. The smallest absolute Gasteiger partial charge is 0.375 e. The number of carbonyl (C=O) groups excluding carboxylic acids is 1. The summed E-state index contributed by atoms with van der Waals surface area (Å²) in [6.45, 7) is 5.08. The van der Waals surface area contributed by atoms with Gasteiger partial charge in [-0.05, 0) is 30.5 Å². The number of anilines is 1. The van der Waals surface area contributed by atoms with Crippen molar-refractivity contribution >= 4 is 11.6 Å². The number of alkyl halides is 3. The van der Waals surface area contributed by atoms with Crippen molar-refractivity contribution in [2.24, 2.45) is 0 Å². The monoisotopic (exact) mass is 344 g/mol. The van der Waals surface area contributed by atoms with Gasteiger partial charge in [-0.25, -0.2) is 0 Å². The maximum absolute atomic E-state index is 13.1. The van der Waals surface area contributed by atoms with Gasteiger partial charge in [-0.2, -0.15) is 13.2 Å². The van der Waals surface area contributed by atoms with Crippen LogP contribution in [0.15, 0.2) is 24.3 Å². The van der Waals surface area contributed by atoms with Crippen molar-refractivity contribution in [1.82, 2.24) is 4.90 Å². The molecule has 1 aromatic rings. The highest BCUT2D eigenvalue weighted by atomic mass is 19.4. The standard InChI is InChI=1S/C17H23F3N2O2/c1-11(2)13-5-4-6-14(7-13)21-16(23)9-22-8-12(3)24-10-15(22)17(18,19)20/h4-7,11-12,15H,8-10H2,1-3H3,(H,21,23). The molecule has 24 heavy (non-hydrogen) atoms. The fraction of sp³-hybridized carbons (Fsp3) is 0.588. The van der Waals surface area contributed by atoms with Gasteiger partial charge in [0.15, 0.2) is 0 Å². The molecule has 1 aromatic carbocycles. The summed E-state index contributed by atoms with van der Waals surface area (Å²) < 4.78 is 44.3. The SMILES string of the molecule is CC1CN(CC(=O)Nc2cccc(C(C)C)c2)C(C(F)(F)F)CO1. The Labute approximate surface area is 140 Å². The second kappa shape index (κ2) is 7.53. The van der Waals surface area contributed by atoms with Crippen molar-refractivity contribution in [3.63, 3.8) is 0 Å². The summed E-state index contributed by atoms with van der Waals surface area (Å²) in [7, 11) is 0. The van der Waals surface area contributed by atoms with Crippen molar-refractivity contribution in [3.05, 3.63) is 29.8 Å². The molecule has 2 rings (SSSR count). The van der Waals surface area contributed by atoms with Crippen LogP contribution in [-0.2, 0) is 9.53 Å². The lowest BCUT2D eigenvalue weighted by atomic mass is 10.0. The molecule has 1 saturated heterocycles. The molecular formula is C17H23F3N2O2. The van der Waals surface area contributed by atoms with Crippen LogP contribution in [0.25, 0.3) is 0 Å².